The Labute approximate surface area is 216 Å². The Morgan fingerprint density at radius 2 is 1.78 bits per heavy atom. The first-order chi connectivity index (χ1) is 17.5. The highest BCUT2D eigenvalue weighted by Gasteiger charge is 2.17. The second kappa shape index (κ2) is 11.8. The summed E-state index contributed by atoms with van der Waals surface area (Å²) in [6.45, 7) is 0.330. The zero-order valence-corrected chi connectivity index (χ0v) is 21.1. The Morgan fingerprint density at radius 1 is 1.03 bits per heavy atom. The SMILES string of the molecule is COc1ccc(-n2c(CNc3ccc(F)cc3)nnc2SCC(=O)Nc2cc(Cl)ccc2OC)cc1. The van der Waals surface area contributed by atoms with Gasteiger partial charge >= 0.3 is 0 Å². The average molecular weight is 528 g/mol. The summed E-state index contributed by atoms with van der Waals surface area (Å²) in [6.07, 6.45) is 0. The molecule has 8 nitrogen and oxygen atoms in total. The molecule has 0 aliphatic rings. The zero-order valence-electron chi connectivity index (χ0n) is 19.5. The summed E-state index contributed by atoms with van der Waals surface area (Å²) in [6, 6.07) is 18.5. The van der Waals surface area contributed by atoms with Crippen LogP contribution in [0.3, 0.4) is 0 Å². The minimum Gasteiger partial charge on any atom is -0.497 e. The number of benzene rings is 3. The van der Waals surface area contributed by atoms with Crippen molar-refractivity contribution in [2.75, 3.05) is 30.6 Å². The predicted molar refractivity (Wildman–Crippen MR) is 139 cm³/mol. The summed E-state index contributed by atoms with van der Waals surface area (Å²) in [5.74, 6) is 1.35. The Morgan fingerprint density at radius 3 is 2.47 bits per heavy atom. The number of nitrogens with one attached hydrogen (secondary N) is 2. The molecule has 0 unspecified atom stereocenters. The van der Waals surface area contributed by atoms with Crippen LogP contribution >= 0.6 is 23.4 Å². The van der Waals surface area contributed by atoms with Gasteiger partial charge in [-0.15, -0.1) is 10.2 Å². The van der Waals surface area contributed by atoms with Crippen molar-refractivity contribution in [3.63, 3.8) is 0 Å². The third-order valence-corrected chi connectivity index (χ3v) is 6.26. The molecule has 0 aliphatic carbocycles. The fraction of sp³-hybridized carbons (Fsp3) is 0.160. The maximum absolute atomic E-state index is 13.2. The number of amides is 1. The molecule has 1 amide bonds. The van der Waals surface area contributed by atoms with Crippen molar-refractivity contribution in [2.45, 2.75) is 11.7 Å². The molecule has 0 saturated carbocycles. The summed E-state index contributed by atoms with van der Waals surface area (Å²) in [7, 11) is 3.12. The van der Waals surface area contributed by atoms with Crippen molar-refractivity contribution in [3.8, 4) is 17.2 Å². The lowest BCUT2D eigenvalue weighted by molar-refractivity contribution is -0.113. The Hall–Kier alpha value is -3.76. The molecule has 4 rings (SSSR count). The zero-order chi connectivity index (χ0) is 25.5. The highest BCUT2D eigenvalue weighted by molar-refractivity contribution is 7.99. The van der Waals surface area contributed by atoms with Crippen molar-refractivity contribution < 1.29 is 18.7 Å². The van der Waals surface area contributed by atoms with Gasteiger partial charge in [0.15, 0.2) is 11.0 Å². The highest BCUT2D eigenvalue weighted by Crippen LogP contribution is 2.29. The molecule has 36 heavy (non-hydrogen) atoms. The van der Waals surface area contributed by atoms with Crippen LogP contribution in [-0.4, -0.2) is 40.6 Å². The number of ether oxygens (including phenoxy) is 2. The van der Waals surface area contributed by atoms with Crippen LogP contribution in [-0.2, 0) is 11.3 Å². The van der Waals surface area contributed by atoms with Crippen molar-refractivity contribution in [1.29, 1.82) is 0 Å². The Kier molecular flexibility index (Phi) is 8.29. The van der Waals surface area contributed by atoms with Gasteiger partial charge in [-0.2, -0.15) is 0 Å². The van der Waals surface area contributed by atoms with E-state index in [2.05, 4.69) is 20.8 Å². The van der Waals surface area contributed by atoms with Gasteiger partial charge in [0.1, 0.15) is 17.3 Å². The number of carbonyl (C=O) groups excluding carboxylic acids is 1. The lowest BCUT2D eigenvalue weighted by Crippen LogP contribution is -2.15. The number of methoxy groups -OCH3 is 2. The number of carbonyl (C=O) groups is 1. The van der Waals surface area contributed by atoms with E-state index in [4.69, 9.17) is 21.1 Å². The molecule has 0 radical (unpaired) electrons. The first kappa shape index (κ1) is 25.3. The smallest absolute Gasteiger partial charge is 0.234 e. The van der Waals surface area contributed by atoms with E-state index in [-0.39, 0.29) is 17.5 Å². The molecule has 3 aromatic carbocycles. The largest absolute Gasteiger partial charge is 0.497 e. The number of rotatable bonds is 10. The molecule has 11 heteroatoms. The van der Waals surface area contributed by atoms with E-state index >= 15 is 0 Å². The van der Waals surface area contributed by atoms with Gasteiger partial charge in [-0.05, 0) is 66.7 Å². The van der Waals surface area contributed by atoms with Crippen LogP contribution in [0, 0.1) is 5.82 Å². The van der Waals surface area contributed by atoms with Crippen LogP contribution in [0.1, 0.15) is 5.82 Å². The number of anilines is 2. The third-order valence-electron chi connectivity index (χ3n) is 5.09. The summed E-state index contributed by atoms with van der Waals surface area (Å²) in [5, 5.41) is 15.7. The summed E-state index contributed by atoms with van der Waals surface area (Å²) in [5.41, 5.74) is 2.03. The molecule has 0 bridgehead atoms. The van der Waals surface area contributed by atoms with E-state index < -0.39 is 0 Å². The minimum absolute atomic E-state index is 0.0787. The van der Waals surface area contributed by atoms with Gasteiger partial charge in [-0.1, -0.05) is 23.4 Å². The van der Waals surface area contributed by atoms with Gasteiger partial charge in [-0.3, -0.25) is 9.36 Å². The molecule has 186 valence electrons. The monoisotopic (exact) mass is 527 g/mol. The molecule has 1 aromatic heterocycles. The highest BCUT2D eigenvalue weighted by atomic mass is 35.5. The number of hydrogen-bond donors (Lipinski definition) is 2. The molecule has 2 N–H and O–H groups in total. The van der Waals surface area contributed by atoms with Gasteiger partial charge in [0.05, 0.1) is 32.2 Å². The van der Waals surface area contributed by atoms with Gasteiger partial charge in [0.2, 0.25) is 5.91 Å². The van der Waals surface area contributed by atoms with E-state index in [1.54, 1.807) is 37.4 Å². The van der Waals surface area contributed by atoms with E-state index in [9.17, 15) is 9.18 Å². The molecule has 0 saturated heterocycles. The topological polar surface area (TPSA) is 90.3 Å². The van der Waals surface area contributed by atoms with Crippen LogP contribution in [0.5, 0.6) is 11.5 Å². The predicted octanol–water partition coefficient (Wildman–Crippen LogP) is 5.42. The second-order valence-electron chi connectivity index (χ2n) is 7.47. The van der Waals surface area contributed by atoms with Crippen LogP contribution in [0.4, 0.5) is 15.8 Å². The number of aromatic nitrogens is 3. The quantitative estimate of drug-likeness (QED) is 0.266. The maximum atomic E-state index is 13.2. The molecule has 0 aliphatic heterocycles. The number of nitrogens with zero attached hydrogens (tertiary/aromatic N) is 3. The van der Waals surface area contributed by atoms with Crippen LogP contribution in [0.25, 0.3) is 5.69 Å². The van der Waals surface area contributed by atoms with Crippen molar-refractivity contribution >= 4 is 40.6 Å². The van der Waals surface area contributed by atoms with Crippen molar-refractivity contribution in [1.82, 2.24) is 14.8 Å². The number of thioether (sulfide) groups is 1. The fourth-order valence-electron chi connectivity index (χ4n) is 3.34. The summed E-state index contributed by atoms with van der Waals surface area (Å²) >= 11 is 7.29. The lowest BCUT2D eigenvalue weighted by atomic mass is 10.3. The summed E-state index contributed by atoms with van der Waals surface area (Å²) in [4.78, 5) is 12.7. The van der Waals surface area contributed by atoms with E-state index in [1.807, 2.05) is 28.8 Å². The molecule has 4 aromatic rings. The van der Waals surface area contributed by atoms with E-state index in [0.717, 1.165) is 11.4 Å². The Balaban J connectivity index is 1.52. The van der Waals surface area contributed by atoms with E-state index in [0.29, 0.717) is 39.7 Å². The molecular formula is C25H23ClFN5O3S. The van der Waals surface area contributed by atoms with Crippen molar-refractivity contribution in [3.05, 3.63) is 83.4 Å². The molecular weight excluding hydrogens is 505 g/mol. The maximum Gasteiger partial charge on any atom is 0.234 e. The van der Waals surface area contributed by atoms with Crippen molar-refractivity contribution in [2.24, 2.45) is 0 Å². The van der Waals surface area contributed by atoms with Crippen LogP contribution in [0.15, 0.2) is 71.9 Å². The first-order valence-corrected chi connectivity index (χ1v) is 12.2. The van der Waals surface area contributed by atoms with E-state index in [1.165, 1.54) is 31.0 Å². The van der Waals surface area contributed by atoms with Gasteiger partial charge in [0, 0.05) is 16.4 Å². The average Bonchev–Trinajstić information content (AvgIpc) is 3.30. The van der Waals surface area contributed by atoms with Gasteiger partial charge in [0.25, 0.3) is 0 Å². The molecule has 1 heterocycles. The normalized spacial score (nSPS) is 10.7. The van der Waals surface area contributed by atoms with Crippen LogP contribution < -0.4 is 20.1 Å². The first-order valence-electron chi connectivity index (χ1n) is 10.8. The number of hydrogen-bond acceptors (Lipinski definition) is 7. The third kappa shape index (κ3) is 6.27. The van der Waals surface area contributed by atoms with Crippen LogP contribution in [0.2, 0.25) is 5.02 Å². The summed E-state index contributed by atoms with van der Waals surface area (Å²) < 4.78 is 25.6. The lowest BCUT2D eigenvalue weighted by Gasteiger charge is -2.13. The standard InChI is InChI=1S/C25H23ClFN5O3S/c1-34-20-10-8-19(9-11-20)32-23(14-28-18-6-4-17(27)5-7-18)30-31-25(32)36-15-24(33)29-21-13-16(26)3-12-22(21)35-2/h3-13,28H,14-15H2,1-2H3,(H,29,33). The molecule has 0 fully saturated rings. The second-order valence-corrected chi connectivity index (χ2v) is 8.85. The number of halogens is 2. The van der Waals surface area contributed by atoms with Gasteiger partial charge < -0.3 is 20.1 Å². The van der Waals surface area contributed by atoms with Gasteiger partial charge in [-0.25, -0.2) is 4.39 Å². The fourth-order valence-corrected chi connectivity index (χ4v) is 4.28. The molecule has 0 atom stereocenters. The Bertz CT molecular complexity index is 1330. The minimum atomic E-state index is -0.311. The molecule has 0 spiro atoms.